The summed E-state index contributed by atoms with van der Waals surface area (Å²) in [7, 11) is 2.08. The smallest absolute Gasteiger partial charge is 0.136 e. The molecule has 2 aromatic rings. The van der Waals surface area contributed by atoms with Crippen LogP contribution in [-0.2, 0) is 13.1 Å². The number of nitrogens with zero attached hydrogens (tertiary/aromatic N) is 3. The van der Waals surface area contributed by atoms with Gasteiger partial charge < -0.3 is 9.67 Å². The van der Waals surface area contributed by atoms with Crippen LogP contribution >= 0.6 is 15.9 Å². The number of aromatic nitrogens is 2. The summed E-state index contributed by atoms with van der Waals surface area (Å²) in [5.41, 5.74) is 3.12. The van der Waals surface area contributed by atoms with Crippen LogP contribution in [0.1, 0.15) is 30.8 Å². The Bertz CT molecular complexity index is 777. The van der Waals surface area contributed by atoms with Gasteiger partial charge in [0.05, 0.1) is 11.4 Å². The summed E-state index contributed by atoms with van der Waals surface area (Å²) < 4.78 is 3.19. The van der Waals surface area contributed by atoms with Crippen LogP contribution in [0.2, 0.25) is 0 Å². The van der Waals surface area contributed by atoms with Gasteiger partial charge in [0.1, 0.15) is 17.6 Å². The molecule has 0 atom stereocenters. The highest BCUT2D eigenvalue weighted by atomic mass is 79.9. The zero-order valence-electron chi connectivity index (χ0n) is 12.9. The van der Waals surface area contributed by atoms with E-state index in [1.165, 1.54) is 5.56 Å². The SMILES string of the molecule is CN1Cc2c(Br)cccc2-n2cnc(C#CC(C)(C)O)c2C1. The van der Waals surface area contributed by atoms with Crippen LogP contribution in [0.3, 0.4) is 0 Å². The first kappa shape index (κ1) is 15.3. The fourth-order valence-electron chi connectivity index (χ4n) is 2.56. The summed E-state index contributed by atoms with van der Waals surface area (Å²) >= 11 is 3.64. The molecule has 0 radical (unpaired) electrons. The van der Waals surface area contributed by atoms with Gasteiger partial charge in [-0.3, -0.25) is 4.90 Å². The Morgan fingerprint density at radius 1 is 1.32 bits per heavy atom. The predicted molar refractivity (Wildman–Crippen MR) is 89.6 cm³/mol. The van der Waals surface area contributed by atoms with Crippen LogP contribution < -0.4 is 0 Å². The largest absolute Gasteiger partial charge is 0.378 e. The molecular formula is C17H18BrN3O. The topological polar surface area (TPSA) is 41.3 Å². The predicted octanol–water partition coefficient (Wildman–Crippen LogP) is 2.70. The Labute approximate surface area is 138 Å². The molecule has 0 unspecified atom stereocenters. The van der Waals surface area contributed by atoms with E-state index in [-0.39, 0.29) is 0 Å². The van der Waals surface area contributed by atoms with E-state index in [1.54, 1.807) is 13.8 Å². The maximum absolute atomic E-state index is 9.80. The lowest BCUT2D eigenvalue weighted by atomic mass is 10.1. The van der Waals surface area contributed by atoms with Gasteiger partial charge in [-0.2, -0.15) is 0 Å². The molecule has 0 bridgehead atoms. The maximum Gasteiger partial charge on any atom is 0.136 e. The van der Waals surface area contributed by atoms with Gasteiger partial charge in [-0.05, 0) is 38.9 Å². The zero-order valence-corrected chi connectivity index (χ0v) is 14.5. The molecule has 114 valence electrons. The molecule has 1 N–H and O–H groups in total. The van der Waals surface area contributed by atoms with Crippen molar-refractivity contribution < 1.29 is 5.11 Å². The number of halogens is 1. The average Bonchev–Trinajstić information content (AvgIpc) is 2.74. The second kappa shape index (κ2) is 5.54. The first-order valence-corrected chi connectivity index (χ1v) is 7.92. The van der Waals surface area contributed by atoms with E-state index >= 15 is 0 Å². The minimum atomic E-state index is -1.02. The molecule has 0 saturated heterocycles. The van der Waals surface area contributed by atoms with Crippen LogP contribution in [0, 0.1) is 11.8 Å². The quantitative estimate of drug-likeness (QED) is 0.735. The zero-order chi connectivity index (χ0) is 15.9. The van der Waals surface area contributed by atoms with Gasteiger partial charge in [-0.1, -0.05) is 27.9 Å². The minimum Gasteiger partial charge on any atom is -0.378 e. The summed E-state index contributed by atoms with van der Waals surface area (Å²) in [6.45, 7) is 4.97. The highest BCUT2D eigenvalue weighted by Gasteiger charge is 2.21. The first-order valence-electron chi connectivity index (χ1n) is 7.13. The minimum absolute atomic E-state index is 0.724. The third-order valence-corrected chi connectivity index (χ3v) is 4.30. The van der Waals surface area contributed by atoms with Crippen molar-refractivity contribution in [3.8, 4) is 17.5 Å². The van der Waals surface area contributed by atoms with E-state index in [2.05, 4.69) is 61.4 Å². The Balaban J connectivity index is 2.16. The van der Waals surface area contributed by atoms with E-state index < -0.39 is 5.60 Å². The van der Waals surface area contributed by atoms with E-state index in [1.807, 2.05) is 12.4 Å². The number of aliphatic hydroxyl groups is 1. The van der Waals surface area contributed by atoms with Crippen LogP contribution in [0.4, 0.5) is 0 Å². The van der Waals surface area contributed by atoms with Crippen molar-refractivity contribution in [3.63, 3.8) is 0 Å². The monoisotopic (exact) mass is 359 g/mol. The van der Waals surface area contributed by atoms with Crippen molar-refractivity contribution in [2.75, 3.05) is 7.05 Å². The molecule has 0 aliphatic carbocycles. The summed E-state index contributed by atoms with van der Waals surface area (Å²) in [5.74, 6) is 5.86. The lowest BCUT2D eigenvalue weighted by Crippen LogP contribution is -2.17. The number of benzene rings is 1. The lowest BCUT2D eigenvalue weighted by molar-refractivity contribution is 0.143. The van der Waals surface area contributed by atoms with Crippen molar-refractivity contribution in [2.24, 2.45) is 0 Å². The third kappa shape index (κ3) is 2.95. The summed E-state index contributed by atoms with van der Waals surface area (Å²) in [4.78, 5) is 6.68. The molecule has 4 nitrogen and oxygen atoms in total. The second-order valence-corrected chi connectivity index (χ2v) is 6.98. The van der Waals surface area contributed by atoms with E-state index in [9.17, 15) is 5.11 Å². The highest BCUT2D eigenvalue weighted by molar-refractivity contribution is 9.10. The Morgan fingerprint density at radius 3 is 2.82 bits per heavy atom. The number of imidazole rings is 1. The fraction of sp³-hybridized carbons (Fsp3) is 0.353. The van der Waals surface area contributed by atoms with Crippen LogP contribution in [0.15, 0.2) is 29.0 Å². The fourth-order valence-corrected chi connectivity index (χ4v) is 3.04. The molecule has 3 rings (SSSR count). The Hall–Kier alpha value is -1.61. The lowest BCUT2D eigenvalue weighted by Gasteiger charge is -2.14. The second-order valence-electron chi connectivity index (χ2n) is 6.13. The van der Waals surface area contributed by atoms with Gasteiger partial charge in [0, 0.05) is 23.1 Å². The summed E-state index contributed by atoms with van der Waals surface area (Å²) in [6, 6.07) is 6.18. The Morgan fingerprint density at radius 2 is 2.09 bits per heavy atom. The van der Waals surface area contributed by atoms with Gasteiger partial charge in [-0.25, -0.2) is 4.98 Å². The molecule has 1 aromatic heterocycles. The molecule has 5 heteroatoms. The standard InChI is InChI=1S/C17H18BrN3O/c1-17(2,22)8-7-14-16-10-20(3)9-12-13(18)5-4-6-15(12)21(16)11-19-14/h4-6,11,22H,9-10H2,1-3H3. The van der Waals surface area contributed by atoms with Gasteiger partial charge in [0.2, 0.25) is 0 Å². The van der Waals surface area contributed by atoms with E-state index in [4.69, 9.17) is 0 Å². The normalized spacial score (nSPS) is 14.6. The molecule has 1 aliphatic heterocycles. The first-order chi connectivity index (χ1) is 10.3. The van der Waals surface area contributed by atoms with E-state index in [0.717, 1.165) is 34.6 Å². The van der Waals surface area contributed by atoms with Gasteiger partial charge in [-0.15, -0.1) is 0 Å². The molecule has 0 spiro atoms. The maximum atomic E-state index is 9.80. The van der Waals surface area contributed by atoms with Crippen molar-refractivity contribution in [1.29, 1.82) is 0 Å². The van der Waals surface area contributed by atoms with Crippen molar-refractivity contribution in [3.05, 3.63) is 46.0 Å². The van der Waals surface area contributed by atoms with E-state index in [0.29, 0.717) is 0 Å². The summed E-state index contributed by atoms with van der Waals surface area (Å²) in [6.07, 6.45) is 1.81. The Kier molecular flexibility index (Phi) is 3.85. The van der Waals surface area contributed by atoms with Crippen molar-refractivity contribution in [1.82, 2.24) is 14.5 Å². The molecule has 0 fully saturated rings. The molecule has 22 heavy (non-hydrogen) atoms. The molecule has 0 amide bonds. The van der Waals surface area contributed by atoms with Gasteiger partial charge in [0.25, 0.3) is 0 Å². The van der Waals surface area contributed by atoms with Crippen molar-refractivity contribution in [2.45, 2.75) is 32.5 Å². The van der Waals surface area contributed by atoms with Crippen molar-refractivity contribution >= 4 is 15.9 Å². The molecule has 1 aliphatic rings. The number of fused-ring (bicyclic) bond motifs is 3. The van der Waals surface area contributed by atoms with Gasteiger partial charge in [0.15, 0.2) is 0 Å². The number of rotatable bonds is 0. The average molecular weight is 360 g/mol. The number of hydrogen-bond donors (Lipinski definition) is 1. The van der Waals surface area contributed by atoms with Crippen LogP contribution in [0.5, 0.6) is 0 Å². The van der Waals surface area contributed by atoms with Gasteiger partial charge >= 0.3 is 0 Å². The molecule has 2 heterocycles. The molecule has 1 aromatic carbocycles. The van der Waals surface area contributed by atoms with Crippen LogP contribution in [0.25, 0.3) is 5.69 Å². The van der Waals surface area contributed by atoms with Crippen LogP contribution in [-0.4, -0.2) is 32.2 Å². The molecule has 0 saturated carbocycles. The highest BCUT2D eigenvalue weighted by Crippen LogP contribution is 2.30. The molecular weight excluding hydrogens is 342 g/mol. The number of hydrogen-bond acceptors (Lipinski definition) is 3. The summed E-state index contributed by atoms with van der Waals surface area (Å²) in [5, 5.41) is 9.80. The third-order valence-electron chi connectivity index (χ3n) is 3.55.